The van der Waals surface area contributed by atoms with Gasteiger partial charge in [0.2, 0.25) is 0 Å². The predicted molar refractivity (Wildman–Crippen MR) is 66.2 cm³/mol. The van der Waals surface area contributed by atoms with Crippen molar-refractivity contribution in [2.75, 3.05) is 0 Å². The van der Waals surface area contributed by atoms with Crippen molar-refractivity contribution in [3.05, 3.63) is 35.4 Å². The van der Waals surface area contributed by atoms with Gasteiger partial charge in [-0.15, -0.1) is 0 Å². The monoisotopic (exact) mass is 241 g/mol. The zero-order valence-corrected chi connectivity index (χ0v) is 10.1. The molecule has 3 heteroatoms. The van der Waals surface area contributed by atoms with E-state index in [0.29, 0.717) is 17.0 Å². The van der Waals surface area contributed by atoms with Crippen molar-refractivity contribution >= 4 is 11.8 Å². The van der Waals surface area contributed by atoms with E-state index in [1.807, 2.05) is 12.1 Å². The number of rotatable bonds is 1. The molecule has 4 rings (SSSR count). The first-order valence-corrected chi connectivity index (χ1v) is 6.74. The highest BCUT2D eigenvalue weighted by molar-refractivity contribution is 6.21. The SMILES string of the molecule is O=C1c2ccccc2C(=O)N1[C@@H]1CCC[C@@H]2C[C@@H]21. The molecular weight excluding hydrogens is 226 g/mol. The quantitative estimate of drug-likeness (QED) is 0.708. The van der Waals surface area contributed by atoms with Crippen LogP contribution in [0.25, 0.3) is 0 Å². The molecule has 0 aromatic heterocycles. The average molecular weight is 241 g/mol. The van der Waals surface area contributed by atoms with Crippen LogP contribution in [0.4, 0.5) is 0 Å². The Morgan fingerprint density at radius 1 is 1.00 bits per heavy atom. The fourth-order valence-electron chi connectivity index (χ4n) is 3.71. The second kappa shape index (κ2) is 3.44. The van der Waals surface area contributed by atoms with Gasteiger partial charge in [0.15, 0.2) is 0 Å². The Bertz CT molecular complexity index is 516. The maximum absolute atomic E-state index is 12.4. The summed E-state index contributed by atoms with van der Waals surface area (Å²) >= 11 is 0. The zero-order valence-electron chi connectivity index (χ0n) is 10.1. The van der Waals surface area contributed by atoms with E-state index in [9.17, 15) is 9.59 Å². The lowest BCUT2D eigenvalue weighted by Crippen LogP contribution is -2.42. The topological polar surface area (TPSA) is 37.4 Å². The van der Waals surface area contributed by atoms with E-state index in [1.54, 1.807) is 17.0 Å². The van der Waals surface area contributed by atoms with Crippen LogP contribution in [0.3, 0.4) is 0 Å². The summed E-state index contributed by atoms with van der Waals surface area (Å²) < 4.78 is 0. The van der Waals surface area contributed by atoms with Crippen LogP contribution in [-0.4, -0.2) is 22.8 Å². The van der Waals surface area contributed by atoms with Gasteiger partial charge in [-0.3, -0.25) is 14.5 Å². The maximum Gasteiger partial charge on any atom is 0.261 e. The highest BCUT2D eigenvalue weighted by Crippen LogP contribution is 2.52. The number of carbonyl (C=O) groups excluding carboxylic acids is 2. The van der Waals surface area contributed by atoms with Crippen molar-refractivity contribution < 1.29 is 9.59 Å². The molecule has 3 aliphatic rings. The van der Waals surface area contributed by atoms with E-state index < -0.39 is 0 Å². The second-order valence-electron chi connectivity index (χ2n) is 5.68. The van der Waals surface area contributed by atoms with Crippen LogP contribution >= 0.6 is 0 Å². The molecule has 0 unspecified atom stereocenters. The minimum absolute atomic E-state index is 0.0758. The largest absolute Gasteiger partial charge is 0.271 e. The standard InChI is InChI=1S/C15H15NO2/c17-14-10-5-1-2-6-11(10)15(18)16(14)13-7-3-4-9-8-12(9)13/h1-2,5-6,9,12-13H,3-4,7-8H2/t9-,12+,13-/m1/s1. The molecule has 1 aromatic carbocycles. The van der Waals surface area contributed by atoms with Gasteiger partial charge in [-0.2, -0.15) is 0 Å². The molecule has 2 fully saturated rings. The second-order valence-corrected chi connectivity index (χ2v) is 5.68. The molecule has 2 amide bonds. The lowest BCUT2D eigenvalue weighted by molar-refractivity contribution is 0.0533. The highest BCUT2D eigenvalue weighted by atomic mass is 16.2. The van der Waals surface area contributed by atoms with Crippen molar-refractivity contribution in [3.8, 4) is 0 Å². The fraction of sp³-hybridized carbons (Fsp3) is 0.467. The summed E-state index contributed by atoms with van der Waals surface area (Å²) in [5.74, 6) is 1.20. The molecule has 0 saturated heterocycles. The van der Waals surface area contributed by atoms with Crippen LogP contribution in [0.1, 0.15) is 46.4 Å². The zero-order chi connectivity index (χ0) is 12.3. The molecular formula is C15H15NO2. The Morgan fingerprint density at radius 2 is 1.67 bits per heavy atom. The van der Waals surface area contributed by atoms with Gasteiger partial charge in [-0.25, -0.2) is 0 Å². The Labute approximate surface area is 106 Å². The summed E-state index contributed by atoms with van der Waals surface area (Å²) in [5, 5.41) is 0. The molecule has 1 aromatic rings. The molecule has 18 heavy (non-hydrogen) atoms. The van der Waals surface area contributed by atoms with Crippen LogP contribution in [0.2, 0.25) is 0 Å². The first kappa shape index (κ1) is 10.3. The van der Waals surface area contributed by atoms with Gasteiger partial charge in [0.1, 0.15) is 0 Å². The van der Waals surface area contributed by atoms with Gasteiger partial charge in [-0.1, -0.05) is 25.0 Å². The van der Waals surface area contributed by atoms with Crippen LogP contribution < -0.4 is 0 Å². The molecule has 3 atom stereocenters. The Kier molecular flexibility index (Phi) is 1.97. The van der Waals surface area contributed by atoms with Crippen LogP contribution in [0, 0.1) is 11.8 Å². The van der Waals surface area contributed by atoms with Crippen molar-refractivity contribution in [1.82, 2.24) is 4.90 Å². The molecule has 3 nitrogen and oxygen atoms in total. The van der Waals surface area contributed by atoms with E-state index in [-0.39, 0.29) is 17.9 Å². The summed E-state index contributed by atoms with van der Waals surface area (Å²) in [4.78, 5) is 26.3. The van der Waals surface area contributed by atoms with Gasteiger partial charge in [-0.05, 0) is 36.8 Å². The van der Waals surface area contributed by atoms with Crippen LogP contribution in [0.15, 0.2) is 24.3 Å². The smallest absolute Gasteiger partial charge is 0.261 e. The lowest BCUT2D eigenvalue weighted by Gasteiger charge is -2.29. The van der Waals surface area contributed by atoms with Crippen LogP contribution in [-0.2, 0) is 0 Å². The number of hydrogen-bond acceptors (Lipinski definition) is 2. The van der Waals surface area contributed by atoms with E-state index in [0.717, 1.165) is 18.8 Å². The third-order valence-electron chi connectivity index (χ3n) is 4.70. The van der Waals surface area contributed by atoms with Gasteiger partial charge in [0.05, 0.1) is 11.1 Å². The number of amides is 2. The molecule has 0 radical (unpaired) electrons. The van der Waals surface area contributed by atoms with Gasteiger partial charge < -0.3 is 0 Å². The van der Waals surface area contributed by atoms with Gasteiger partial charge >= 0.3 is 0 Å². The molecule has 0 spiro atoms. The molecule has 0 bridgehead atoms. The van der Waals surface area contributed by atoms with Crippen molar-refractivity contribution in [1.29, 1.82) is 0 Å². The third kappa shape index (κ3) is 1.25. The summed E-state index contributed by atoms with van der Waals surface area (Å²) in [6, 6.07) is 7.35. The highest BCUT2D eigenvalue weighted by Gasteiger charge is 2.52. The lowest BCUT2D eigenvalue weighted by atomic mass is 9.94. The Hall–Kier alpha value is -1.64. The summed E-state index contributed by atoms with van der Waals surface area (Å²) in [6.07, 6.45) is 4.63. The van der Waals surface area contributed by atoms with Crippen molar-refractivity contribution in [2.45, 2.75) is 31.7 Å². The summed E-state index contributed by atoms with van der Waals surface area (Å²) in [5.41, 5.74) is 1.18. The van der Waals surface area contributed by atoms with E-state index in [4.69, 9.17) is 0 Å². The Morgan fingerprint density at radius 3 is 2.33 bits per heavy atom. The average Bonchev–Trinajstić information content (AvgIpc) is 3.14. The fourth-order valence-corrected chi connectivity index (χ4v) is 3.71. The number of fused-ring (bicyclic) bond motifs is 2. The molecule has 2 saturated carbocycles. The van der Waals surface area contributed by atoms with Crippen LogP contribution in [0.5, 0.6) is 0 Å². The van der Waals surface area contributed by atoms with Gasteiger partial charge in [0, 0.05) is 6.04 Å². The van der Waals surface area contributed by atoms with E-state index in [1.165, 1.54) is 12.8 Å². The maximum atomic E-state index is 12.4. The van der Waals surface area contributed by atoms with Gasteiger partial charge in [0.25, 0.3) is 11.8 Å². The first-order valence-electron chi connectivity index (χ1n) is 6.74. The Balaban J connectivity index is 1.72. The van der Waals surface area contributed by atoms with E-state index >= 15 is 0 Å². The molecule has 2 aliphatic carbocycles. The molecule has 92 valence electrons. The molecule has 1 heterocycles. The number of nitrogens with zero attached hydrogens (tertiary/aromatic N) is 1. The minimum Gasteiger partial charge on any atom is -0.271 e. The number of imide groups is 1. The number of carbonyl (C=O) groups is 2. The molecule has 0 N–H and O–H groups in total. The number of hydrogen-bond donors (Lipinski definition) is 0. The van der Waals surface area contributed by atoms with E-state index in [2.05, 4.69) is 0 Å². The first-order chi connectivity index (χ1) is 8.77. The summed E-state index contributed by atoms with van der Waals surface area (Å²) in [6.45, 7) is 0. The number of benzene rings is 1. The molecule has 1 aliphatic heterocycles. The minimum atomic E-state index is -0.0758. The normalized spacial score (nSPS) is 33.3. The van der Waals surface area contributed by atoms with Crippen molar-refractivity contribution in [2.24, 2.45) is 11.8 Å². The van der Waals surface area contributed by atoms with Crippen molar-refractivity contribution in [3.63, 3.8) is 0 Å². The predicted octanol–water partition coefficient (Wildman–Crippen LogP) is 2.47. The third-order valence-corrected chi connectivity index (χ3v) is 4.70. The summed E-state index contributed by atoms with van der Waals surface area (Å²) in [7, 11) is 0.